The Hall–Kier alpha value is -2.55. The second-order valence-corrected chi connectivity index (χ2v) is 3.51. The lowest BCUT2D eigenvalue weighted by Gasteiger charge is -2.06. The van der Waals surface area contributed by atoms with Gasteiger partial charge in [0.05, 0.1) is 0 Å². The molecule has 3 heteroatoms. The van der Waals surface area contributed by atoms with Crippen molar-refractivity contribution >= 4 is 5.97 Å². The summed E-state index contributed by atoms with van der Waals surface area (Å²) >= 11 is 0. The highest BCUT2D eigenvalue weighted by atomic mass is 16.5. The fourth-order valence-corrected chi connectivity index (χ4v) is 1.36. The Morgan fingerprint density at radius 3 is 2.06 bits per heavy atom. The van der Waals surface area contributed by atoms with E-state index in [0.29, 0.717) is 11.5 Å². The van der Waals surface area contributed by atoms with Crippen LogP contribution in [0.2, 0.25) is 0 Å². The minimum atomic E-state index is -0.480. The Morgan fingerprint density at radius 2 is 1.44 bits per heavy atom. The van der Waals surface area contributed by atoms with Gasteiger partial charge in [-0.2, -0.15) is 0 Å². The van der Waals surface area contributed by atoms with E-state index in [1.165, 1.54) is 0 Å². The highest BCUT2D eigenvalue weighted by Gasteiger charge is 2.01. The van der Waals surface area contributed by atoms with Gasteiger partial charge in [0.2, 0.25) is 0 Å². The number of benzene rings is 2. The number of carbonyl (C=O) groups excluding carboxylic acids is 1. The fourth-order valence-electron chi connectivity index (χ4n) is 1.36. The zero-order valence-electron chi connectivity index (χ0n) is 9.71. The predicted octanol–water partition coefficient (Wildman–Crippen LogP) is 3.57. The zero-order chi connectivity index (χ0) is 12.8. The summed E-state index contributed by atoms with van der Waals surface area (Å²) in [6, 6.07) is 16.3. The maximum absolute atomic E-state index is 11.0. The van der Waals surface area contributed by atoms with Crippen molar-refractivity contribution in [3.63, 3.8) is 0 Å². The molecule has 0 spiro atoms. The first-order valence-electron chi connectivity index (χ1n) is 5.45. The lowest BCUT2D eigenvalue weighted by molar-refractivity contribution is -0.128. The van der Waals surface area contributed by atoms with Crippen LogP contribution in [0.5, 0.6) is 17.2 Å². The number of hydrogen-bond acceptors (Lipinski definition) is 3. The largest absolute Gasteiger partial charge is 0.457 e. The topological polar surface area (TPSA) is 35.5 Å². The molecule has 2 rings (SSSR count). The van der Waals surface area contributed by atoms with Gasteiger partial charge < -0.3 is 9.47 Å². The van der Waals surface area contributed by atoms with Gasteiger partial charge in [0.25, 0.3) is 0 Å². The molecular weight excluding hydrogens is 228 g/mol. The van der Waals surface area contributed by atoms with E-state index in [9.17, 15) is 4.79 Å². The van der Waals surface area contributed by atoms with Crippen LogP contribution in [-0.4, -0.2) is 5.97 Å². The number of hydrogen-bond donors (Lipinski definition) is 0. The van der Waals surface area contributed by atoms with Crippen molar-refractivity contribution < 1.29 is 14.3 Å². The van der Waals surface area contributed by atoms with E-state index >= 15 is 0 Å². The predicted molar refractivity (Wildman–Crippen MR) is 68.8 cm³/mol. The third-order valence-electron chi connectivity index (χ3n) is 2.19. The standard InChI is InChI=1S/C15H12O3/c1-2-15(16)18-14-10-8-13(9-11-14)17-12-6-4-3-5-7-12/h2-11H,1H2. The first-order chi connectivity index (χ1) is 8.78. The molecule has 0 saturated carbocycles. The minimum Gasteiger partial charge on any atom is -0.457 e. The number of carbonyl (C=O) groups is 1. The highest BCUT2D eigenvalue weighted by Crippen LogP contribution is 2.23. The van der Waals surface area contributed by atoms with E-state index in [2.05, 4.69) is 6.58 Å². The molecule has 0 heterocycles. The summed E-state index contributed by atoms with van der Waals surface area (Å²) in [6.45, 7) is 3.33. The Morgan fingerprint density at radius 1 is 0.889 bits per heavy atom. The first-order valence-corrected chi connectivity index (χ1v) is 5.45. The maximum atomic E-state index is 11.0. The summed E-state index contributed by atoms with van der Waals surface area (Å²) in [4.78, 5) is 11.0. The molecule has 0 fully saturated rings. The molecule has 0 aliphatic carbocycles. The monoisotopic (exact) mass is 240 g/mol. The normalized spacial score (nSPS) is 9.56. The lowest BCUT2D eigenvalue weighted by atomic mass is 10.3. The zero-order valence-corrected chi connectivity index (χ0v) is 9.71. The summed E-state index contributed by atoms with van der Waals surface area (Å²) in [7, 11) is 0. The highest BCUT2D eigenvalue weighted by molar-refractivity contribution is 5.83. The van der Waals surface area contributed by atoms with Crippen molar-refractivity contribution in [2.24, 2.45) is 0 Å². The van der Waals surface area contributed by atoms with E-state index in [4.69, 9.17) is 9.47 Å². The van der Waals surface area contributed by atoms with Gasteiger partial charge in [-0.1, -0.05) is 24.8 Å². The first kappa shape index (κ1) is 11.9. The van der Waals surface area contributed by atoms with Crippen molar-refractivity contribution in [3.05, 3.63) is 67.3 Å². The van der Waals surface area contributed by atoms with Gasteiger partial charge in [0, 0.05) is 6.08 Å². The van der Waals surface area contributed by atoms with Crippen LogP contribution in [0.15, 0.2) is 67.3 Å². The van der Waals surface area contributed by atoms with Crippen molar-refractivity contribution in [2.45, 2.75) is 0 Å². The van der Waals surface area contributed by atoms with Gasteiger partial charge in [-0.3, -0.25) is 0 Å². The second-order valence-electron chi connectivity index (χ2n) is 3.51. The van der Waals surface area contributed by atoms with Gasteiger partial charge in [-0.25, -0.2) is 4.79 Å². The molecule has 0 saturated heterocycles. The molecule has 3 nitrogen and oxygen atoms in total. The van der Waals surface area contributed by atoms with Gasteiger partial charge in [-0.15, -0.1) is 0 Å². The second kappa shape index (κ2) is 5.68. The molecule has 0 radical (unpaired) electrons. The Balaban J connectivity index is 2.04. The van der Waals surface area contributed by atoms with Crippen LogP contribution in [0, 0.1) is 0 Å². The van der Waals surface area contributed by atoms with E-state index in [1.807, 2.05) is 30.3 Å². The van der Waals surface area contributed by atoms with Crippen LogP contribution in [0.4, 0.5) is 0 Å². The van der Waals surface area contributed by atoms with E-state index in [1.54, 1.807) is 24.3 Å². The summed E-state index contributed by atoms with van der Waals surface area (Å²) in [5, 5.41) is 0. The van der Waals surface area contributed by atoms with E-state index in [-0.39, 0.29) is 0 Å². The number of rotatable bonds is 4. The smallest absolute Gasteiger partial charge is 0.335 e. The minimum absolute atomic E-state index is 0.459. The van der Waals surface area contributed by atoms with Gasteiger partial charge in [-0.05, 0) is 36.4 Å². The van der Waals surface area contributed by atoms with Gasteiger partial charge in [0.1, 0.15) is 17.2 Å². The molecule has 0 N–H and O–H groups in total. The number of esters is 1. The van der Waals surface area contributed by atoms with Crippen molar-refractivity contribution in [3.8, 4) is 17.2 Å². The van der Waals surface area contributed by atoms with Crippen molar-refractivity contribution in [1.29, 1.82) is 0 Å². The molecule has 0 amide bonds. The summed E-state index contributed by atoms with van der Waals surface area (Å²) in [5.74, 6) is 1.42. The molecule has 2 aromatic carbocycles. The van der Waals surface area contributed by atoms with Gasteiger partial charge >= 0.3 is 5.97 Å². The average Bonchev–Trinajstić information content (AvgIpc) is 2.42. The van der Waals surface area contributed by atoms with Crippen molar-refractivity contribution in [2.75, 3.05) is 0 Å². The Labute approximate surface area is 105 Å². The average molecular weight is 240 g/mol. The summed E-state index contributed by atoms with van der Waals surface area (Å²) in [6.07, 6.45) is 1.12. The molecular formula is C15H12O3. The molecule has 0 aliphatic heterocycles. The number of para-hydroxylation sites is 1. The quantitative estimate of drug-likeness (QED) is 0.465. The Kier molecular flexibility index (Phi) is 3.76. The van der Waals surface area contributed by atoms with Gasteiger partial charge in [0.15, 0.2) is 0 Å². The van der Waals surface area contributed by atoms with Crippen LogP contribution in [0.1, 0.15) is 0 Å². The van der Waals surface area contributed by atoms with Crippen LogP contribution < -0.4 is 9.47 Å². The molecule has 0 atom stereocenters. The third kappa shape index (κ3) is 3.22. The molecule has 2 aromatic rings. The summed E-state index contributed by atoms with van der Waals surface area (Å²) in [5.41, 5.74) is 0. The Bertz CT molecular complexity index is 529. The van der Waals surface area contributed by atoms with Crippen molar-refractivity contribution in [1.82, 2.24) is 0 Å². The molecule has 18 heavy (non-hydrogen) atoms. The maximum Gasteiger partial charge on any atom is 0.335 e. The molecule has 0 aliphatic rings. The van der Waals surface area contributed by atoms with E-state index in [0.717, 1.165) is 11.8 Å². The fraction of sp³-hybridized carbons (Fsp3) is 0. The molecule has 0 aromatic heterocycles. The number of ether oxygens (including phenoxy) is 2. The SMILES string of the molecule is C=CC(=O)Oc1ccc(Oc2ccccc2)cc1. The van der Waals surface area contributed by atoms with Crippen LogP contribution in [0.3, 0.4) is 0 Å². The molecule has 0 bridgehead atoms. The van der Waals surface area contributed by atoms with E-state index < -0.39 is 5.97 Å². The third-order valence-corrected chi connectivity index (χ3v) is 2.19. The van der Waals surface area contributed by atoms with Crippen LogP contribution >= 0.6 is 0 Å². The molecule has 0 unspecified atom stereocenters. The van der Waals surface area contributed by atoms with Crippen LogP contribution in [0.25, 0.3) is 0 Å². The summed E-state index contributed by atoms with van der Waals surface area (Å²) < 4.78 is 10.6. The van der Waals surface area contributed by atoms with Crippen LogP contribution in [-0.2, 0) is 4.79 Å². The molecule has 90 valence electrons. The lowest BCUT2D eigenvalue weighted by Crippen LogP contribution is -2.02.